The zero-order chi connectivity index (χ0) is 11.0. The lowest BCUT2D eigenvalue weighted by atomic mass is 10.0. The van der Waals surface area contributed by atoms with Gasteiger partial charge in [0.05, 0.1) is 0 Å². The number of carbonyl (C=O) groups is 1. The normalized spacial score (nSPS) is 10.8. The second-order valence-electron chi connectivity index (χ2n) is 3.81. The van der Waals surface area contributed by atoms with E-state index < -0.39 is 0 Å². The van der Waals surface area contributed by atoms with Crippen molar-refractivity contribution in [2.24, 2.45) is 0 Å². The van der Waals surface area contributed by atoms with Gasteiger partial charge in [0.2, 0.25) is 0 Å². The number of rotatable bonds is 1. The van der Waals surface area contributed by atoms with Crippen molar-refractivity contribution < 1.29 is 4.79 Å². The fourth-order valence-corrected chi connectivity index (χ4v) is 2.03. The molecule has 0 aliphatic heterocycles. The lowest BCUT2D eigenvalue weighted by Gasteiger charge is -2.03. The molecule has 0 aromatic heterocycles. The Morgan fingerprint density at radius 1 is 1.00 bits per heavy atom. The Kier molecular flexibility index (Phi) is 1.97. The van der Waals surface area contributed by atoms with E-state index in [-0.39, 0.29) is 0 Å². The van der Waals surface area contributed by atoms with E-state index in [2.05, 4.69) is 12.1 Å². The molecule has 1 nitrogen and oxygen atoms in total. The molecule has 0 spiro atoms. The highest BCUT2D eigenvalue weighted by Gasteiger charge is 2.01. The number of fused-ring (bicyclic) bond motifs is 2. The molecule has 0 unspecified atom stereocenters. The Morgan fingerprint density at radius 3 is 2.81 bits per heavy atom. The smallest absolute Gasteiger partial charge is 0.150 e. The molecule has 0 saturated heterocycles. The van der Waals surface area contributed by atoms with Gasteiger partial charge in [-0.05, 0) is 45.8 Å². The summed E-state index contributed by atoms with van der Waals surface area (Å²) in [6, 6.07) is 18.8. The van der Waals surface area contributed by atoms with Crippen molar-refractivity contribution in [3.05, 3.63) is 60.2 Å². The first kappa shape index (κ1) is 9.10. The minimum atomic E-state index is 0.739. The molecule has 0 aliphatic rings. The summed E-state index contributed by atoms with van der Waals surface area (Å²) in [5.41, 5.74) is 0.739. The van der Waals surface area contributed by atoms with Gasteiger partial charge in [0.1, 0.15) is 0 Å². The van der Waals surface area contributed by atoms with E-state index in [0.29, 0.717) is 0 Å². The molecule has 0 fully saturated rings. The maximum atomic E-state index is 10.9. The Morgan fingerprint density at radius 2 is 1.94 bits per heavy atom. The first-order valence-electron chi connectivity index (χ1n) is 5.16. The molecule has 3 aromatic carbocycles. The highest BCUT2D eigenvalue weighted by molar-refractivity contribution is 6.05. The first-order chi connectivity index (χ1) is 7.88. The highest BCUT2D eigenvalue weighted by Crippen LogP contribution is 2.24. The van der Waals surface area contributed by atoms with E-state index in [4.69, 9.17) is 0 Å². The van der Waals surface area contributed by atoms with Crippen LogP contribution in [0.25, 0.3) is 21.5 Å². The third-order valence-electron chi connectivity index (χ3n) is 2.84. The van der Waals surface area contributed by atoms with Crippen LogP contribution in [0.1, 0.15) is 10.4 Å². The van der Waals surface area contributed by atoms with Gasteiger partial charge in [0, 0.05) is 5.56 Å². The van der Waals surface area contributed by atoms with Crippen molar-refractivity contribution >= 4 is 27.8 Å². The Hall–Kier alpha value is -2.15. The molecule has 0 atom stereocenters. The number of hydrogen-bond acceptors (Lipinski definition) is 1. The van der Waals surface area contributed by atoms with Crippen molar-refractivity contribution in [2.45, 2.75) is 0 Å². The molecule has 0 heterocycles. The van der Waals surface area contributed by atoms with Crippen LogP contribution in [-0.4, -0.2) is 6.29 Å². The highest BCUT2D eigenvalue weighted by atomic mass is 16.1. The third-order valence-corrected chi connectivity index (χ3v) is 2.84. The molecule has 75 valence electrons. The monoisotopic (exact) mass is 205 g/mol. The Bertz CT molecular complexity index is 683. The molecule has 3 aromatic rings. The van der Waals surface area contributed by atoms with Crippen LogP contribution >= 0.6 is 0 Å². The van der Waals surface area contributed by atoms with Gasteiger partial charge in [-0.2, -0.15) is 0 Å². The summed E-state index contributed by atoms with van der Waals surface area (Å²) >= 11 is 0. The van der Waals surface area contributed by atoms with Gasteiger partial charge >= 0.3 is 0 Å². The summed E-state index contributed by atoms with van der Waals surface area (Å²) < 4.78 is 0. The topological polar surface area (TPSA) is 17.1 Å². The van der Waals surface area contributed by atoms with Gasteiger partial charge in [-0.25, -0.2) is 0 Å². The first-order valence-corrected chi connectivity index (χ1v) is 5.16. The number of aldehydes is 1. The second kappa shape index (κ2) is 3.46. The quantitative estimate of drug-likeness (QED) is 0.438. The predicted molar refractivity (Wildman–Crippen MR) is 65.7 cm³/mol. The summed E-state index contributed by atoms with van der Waals surface area (Å²) in [5.74, 6) is 0. The van der Waals surface area contributed by atoms with E-state index in [9.17, 15) is 4.79 Å². The average molecular weight is 205 g/mol. The van der Waals surface area contributed by atoms with Crippen LogP contribution in [0.4, 0.5) is 0 Å². The molecule has 0 bridgehead atoms. The zero-order valence-electron chi connectivity index (χ0n) is 8.60. The van der Waals surface area contributed by atoms with E-state index in [0.717, 1.165) is 28.0 Å². The van der Waals surface area contributed by atoms with E-state index in [1.165, 1.54) is 5.39 Å². The molecule has 0 saturated carbocycles. The summed E-state index contributed by atoms with van der Waals surface area (Å²) in [6.07, 6.45) is 0.904. The second-order valence-corrected chi connectivity index (χ2v) is 3.81. The SMILES string of the molecule is O=Cc1cccc2cc3cc[c]cc3cc12. The van der Waals surface area contributed by atoms with Crippen LogP contribution < -0.4 is 0 Å². The Balaban J connectivity index is 2.51. The molecular formula is C15H9O. The van der Waals surface area contributed by atoms with Gasteiger partial charge in [0.25, 0.3) is 0 Å². The van der Waals surface area contributed by atoms with Gasteiger partial charge in [-0.15, -0.1) is 0 Å². The maximum Gasteiger partial charge on any atom is 0.150 e. The molecular weight excluding hydrogens is 196 g/mol. The fraction of sp³-hybridized carbons (Fsp3) is 0. The maximum absolute atomic E-state index is 10.9. The summed E-state index contributed by atoms with van der Waals surface area (Å²) in [6.45, 7) is 0. The van der Waals surface area contributed by atoms with Crippen molar-refractivity contribution in [1.29, 1.82) is 0 Å². The molecule has 16 heavy (non-hydrogen) atoms. The van der Waals surface area contributed by atoms with Crippen LogP contribution in [0.15, 0.2) is 48.5 Å². The minimum absolute atomic E-state index is 0.739. The summed E-state index contributed by atoms with van der Waals surface area (Å²) in [5, 5.41) is 4.39. The zero-order valence-corrected chi connectivity index (χ0v) is 8.60. The number of carbonyl (C=O) groups excluding carboxylic acids is 1. The molecule has 0 aliphatic carbocycles. The molecule has 0 amide bonds. The largest absolute Gasteiger partial charge is 0.298 e. The lowest BCUT2D eigenvalue weighted by Crippen LogP contribution is -1.83. The van der Waals surface area contributed by atoms with Crippen molar-refractivity contribution in [3.8, 4) is 0 Å². The third kappa shape index (κ3) is 1.29. The summed E-state index contributed by atoms with van der Waals surface area (Å²) in [7, 11) is 0. The van der Waals surface area contributed by atoms with E-state index in [1.54, 1.807) is 0 Å². The van der Waals surface area contributed by atoms with Crippen molar-refractivity contribution in [3.63, 3.8) is 0 Å². The van der Waals surface area contributed by atoms with Crippen LogP contribution in [0.3, 0.4) is 0 Å². The van der Waals surface area contributed by atoms with Crippen LogP contribution in [-0.2, 0) is 0 Å². The van der Waals surface area contributed by atoms with Gasteiger partial charge in [-0.1, -0.05) is 30.3 Å². The van der Waals surface area contributed by atoms with Gasteiger partial charge in [-0.3, -0.25) is 4.79 Å². The standard InChI is InChI=1S/C15H9O/c16-10-14-7-3-6-13-8-11-4-1-2-5-12(11)9-15(13)14/h1,3-10H. The molecule has 1 heteroatoms. The predicted octanol–water partition coefficient (Wildman–Crippen LogP) is 3.61. The molecule has 0 N–H and O–H groups in total. The number of benzene rings is 3. The average Bonchev–Trinajstić information content (AvgIpc) is 2.35. The summed E-state index contributed by atoms with van der Waals surface area (Å²) in [4.78, 5) is 10.9. The van der Waals surface area contributed by atoms with E-state index >= 15 is 0 Å². The molecule has 1 radical (unpaired) electrons. The van der Waals surface area contributed by atoms with E-state index in [1.807, 2.05) is 42.5 Å². The van der Waals surface area contributed by atoms with Crippen LogP contribution in [0, 0.1) is 6.07 Å². The van der Waals surface area contributed by atoms with Gasteiger partial charge < -0.3 is 0 Å². The molecule has 3 rings (SSSR count). The number of hydrogen-bond donors (Lipinski definition) is 0. The van der Waals surface area contributed by atoms with Crippen molar-refractivity contribution in [1.82, 2.24) is 0 Å². The van der Waals surface area contributed by atoms with Crippen LogP contribution in [0.2, 0.25) is 0 Å². The van der Waals surface area contributed by atoms with Gasteiger partial charge in [0.15, 0.2) is 6.29 Å². The minimum Gasteiger partial charge on any atom is -0.298 e. The lowest BCUT2D eigenvalue weighted by molar-refractivity contribution is 0.112. The fourth-order valence-electron chi connectivity index (χ4n) is 2.03. The van der Waals surface area contributed by atoms with Crippen molar-refractivity contribution in [2.75, 3.05) is 0 Å². The Labute approximate surface area is 93.3 Å². The van der Waals surface area contributed by atoms with Crippen LogP contribution in [0.5, 0.6) is 0 Å².